The van der Waals surface area contributed by atoms with Gasteiger partial charge < -0.3 is 23.4 Å². The first-order valence-electron chi connectivity index (χ1n) is 11.5. The summed E-state index contributed by atoms with van der Waals surface area (Å²) in [5.74, 6) is 1.46. The van der Waals surface area contributed by atoms with Crippen molar-refractivity contribution in [3.63, 3.8) is 0 Å². The fraction of sp³-hybridized carbons (Fsp3) is 0.357. The third-order valence-electron chi connectivity index (χ3n) is 6.49. The van der Waals surface area contributed by atoms with Gasteiger partial charge in [0.25, 0.3) is 0 Å². The number of fused-ring (bicyclic) bond motifs is 3. The Balaban J connectivity index is 1.63. The molecule has 1 atom stereocenters. The third-order valence-corrected chi connectivity index (χ3v) is 6.49. The largest absolute Gasteiger partial charge is 0.495 e. The molecule has 0 saturated carbocycles. The Hall–Kier alpha value is -3.74. The number of methoxy groups -OCH3 is 1. The van der Waals surface area contributed by atoms with Gasteiger partial charge >= 0.3 is 5.97 Å². The highest BCUT2D eigenvalue weighted by Gasteiger charge is 2.40. The van der Waals surface area contributed by atoms with Crippen molar-refractivity contribution in [2.45, 2.75) is 58.3 Å². The Bertz CT molecular complexity index is 1440. The molecule has 0 fully saturated rings. The van der Waals surface area contributed by atoms with Crippen molar-refractivity contribution >= 4 is 23.0 Å². The zero-order valence-electron chi connectivity index (χ0n) is 20.7. The predicted octanol–water partition coefficient (Wildman–Crippen LogP) is 5.30. The van der Waals surface area contributed by atoms with E-state index < -0.39 is 17.3 Å². The van der Waals surface area contributed by atoms with E-state index in [1.54, 1.807) is 19.2 Å². The second kappa shape index (κ2) is 7.90. The second-order valence-electron chi connectivity index (χ2n) is 10.0. The fourth-order valence-corrected chi connectivity index (χ4v) is 4.68. The molecule has 2 aromatic carbocycles. The molecule has 2 aliphatic rings. The lowest BCUT2D eigenvalue weighted by molar-refractivity contribution is -0.158. The van der Waals surface area contributed by atoms with E-state index in [1.165, 1.54) is 13.2 Å². The van der Waals surface area contributed by atoms with Crippen LogP contribution < -0.4 is 19.6 Å². The lowest BCUT2D eigenvalue weighted by atomic mass is 9.90. The van der Waals surface area contributed by atoms with E-state index >= 15 is 0 Å². The molecule has 3 heterocycles. The summed E-state index contributed by atoms with van der Waals surface area (Å²) < 4.78 is 29.3. The summed E-state index contributed by atoms with van der Waals surface area (Å²) in [4.78, 5) is 25.3. The molecule has 182 valence electrons. The molecule has 0 aliphatic carbocycles. The number of carbonyl (C=O) groups excluding carboxylic acids is 1. The summed E-state index contributed by atoms with van der Waals surface area (Å²) in [6, 6.07) is 7.15. The monoisotopic (exact) mass is 476 g/mol. The molecule has 0 N–H and O–H groups in total. The van der Waals surface area contributed by atoms with Crippen LogP contribution in [0, 0.1) is 0 Å². The summed E-state index contributed by atoms with van der Waals surface area (Å²) in [7, 11) is 1.57. The standard InChI is InChI=1S/C28H28O7/c1-15(29)33-24-12-16-11-19-23(13-22(16)35-28(24,4)5)32-14-20(25(19)30)17-7-8-21-18(26(17)31-6)9-10-27(2,3)34-21/h7-11,13-14,24H,12H2,1-6H3/t24-/m0/s1. The van der Waals surface area contributed by atoms with Crippen molar-refractivity contribution in [2.24, 2.45) is 0 Å². The molecule has 2 aliphatic heterocycles. The molecule has 3 aromatic rings. The minimum Gasteiger partial charge on any atom is -0.495 e. The number of ether oxygens (including phenoxy) is 4. The summed E-state index contributed by atoms with van der Waals surface area (Å²) in [6.07, 6.45) is 5.32. The van der Waals surface area contributed by atoms with E-state index in [-0.39, 0.29) is 11.4 Å². The van der Waals surface area contributed by atoms with Crippen LogP contribution in [0.2, 0.25) is 0 Å². The highest BCUT2D eigenvalue weighted by Crippen LogP contribution is 2.43. The molecule has 0 bridgehead atoms. The second-order valence-corrected chi connectivity index (χ2v) is 10.0. The molecule has 0 unspecified atom stereocenters. The van der Waals surface area contributed by atoms with Crippen molar-refractivity contribution in [3.05, 3.63) is 58.0 Å². The topological polar surface area (TPSA) is 84.2 Å². The number of hydrogen-bond acceptors (Lipinski definition) is 7. The number of carbonyl (C=O) groups is 1. The van der Waals surface area contributed by atoms with Gasteiger partial charge in [-0.25, -0.2) is 0 Å². The molecule has 5 rings (SSSR count). The van der Waals surface area contributed by atoms with Crippen LogP contribution in [-0.2, 0) is 16.0 Å². The van der Waals surface area contributed by atoms with Crippen LogP contribution in [0.1, 0.15) is 45.7 Å². The highest BCUT2D eigenvalue weighted by molar-refractivity contribution is 5.87. The van der Waals surface area contributed by atoms with Gasteiger partial charge in [0.15, 0.2) is 0 Å². The van der Waals surface area contributed by atoms with Crippen LogP contribution in [0.3, 0.4) is 0 Å². The summed E-state index contributed by atoms with van der Waals surface area (Å²) >= 11 is 0. The van der Waals surface area contributed by atoms with Crippen molar-refractivity contribution in [2.75, 3.05) is 7.11 Å². The maximum Gasteiger partial charge on any atom is 0.303 e. The van der Waals surface area contributed by atoms with E-state index in [0.717, 1.165) is 11.1 Å². The van der Waals surface area contributed by atoms with Gasteiger partial charge in [0.2, 0.25) is 5.43 Å². The zero-order chi connectivity index (χ0) is 25.1. The van der Waals surface area contributed by atoms with Crippen LogP contribution >= 0.6 is 0 Å². The van der Waals surface area contributed by atoms with Crippen molar-refractivity contribution in [1.29, 1.82) is 0 Å². The summed E-state index contributed by atoms with van der Waals surface area (Å²) in [6.45, 7) is 9.06. The predicted molar refractivity (Wildman–Crippen MR) is 132 cm³/mol. The fourth-order valence-electron chi connectivity index (χ4n) is 4.68. The lowest BCUT2D eigenvalue weighted by Gasteiger charge is -2.39. The number of hydrogen-bond donors (Lipinski definition) is 0. The summed E-state index contributed by atoms with van der Waals surface area (Å²) in [5, 5.41) is 0.416. The Morgan fingerprint density at radius 3 is 2.54 bits per heavy atom. The SMILES string of the molecule is COc1c(-c2coc3cc4c(cc3c2=O)C[C@H](OC(C)=O)C(C)(C)O4)ccc2c1C=CC(C)(C)O2. The first kappa shape index (κ1) is 23.0. The van der Waals surface area contributed by atoms with E-state index in [1.807, 2.05) is 52.0 Å². The van der Waals surface area contributed by atoms with Gasteiger partial charge in [-0.2, -0.15) is 0 Å². The highest BCUT2D eigenvalue weighted by atomic mass is 16.6. The Kier molecular flexibility index (Phi) is 5.20. The van der Waals surface area contributed by atoms with Gasteiger partial charge in [-0.1, -0.05) is 0 Å². The average Bonchev–Trinajstić information content (AvgIpc) is 2.77. The van der Waals surface area contributed by atoms with E-state index in [0.29, 0.717) is 45.8 Å². The van der Waals surface area contributed by atoms with Crippen LogP contribution in [-0.4, -0.2) is 30.4 Å². The Morgan fingerprint density at radius 1 is 1.06 bits per heavy atom. The molecule has 35 heavy (non-hydrogen) atoms. The molecular formula is C28H28O7. The van der Waals surface area contributed by atoms with Gasteiger partial charge in [-0.15, -0.1) is 0 Å². The molecule has 1 aromatic heterocycles. The van der Waals surface area contributed by atoms with Crippen LogP contribution in [0.4, 0.5) is 0 Å². The molecule has 0 amide bonds. The maximum absolute atomic E-state index is 13.6. The lowest BCUT2D eigenvalue weighted by Crippen LogP contribution is -2.48. The van der Waals surface area contributed by atoms with Crippen molar-refractivity contribution in [1.82, 2.24) is 0 Å². The quantitative estimate of drug-likeness (QED) is 0.475. The van der Waals surface area contributed by atoms with Gasteiger partial charge in [0.05, 0.1) is 23.6 Å². The maximum atomic E-state index is 13.6. The number of rotatable bonds is 3. The van der Waals surface area contributed by atoms with E-state index in [2.05, 4.69) is 0 Å². The zero-order valence-corrected chi connectivity index (χ0v) is 20.7. The molecule has 0 spiro atoms. The molecular weight excluding hydrogens is 448 g/mol. The first-order valence-corrected chi connectivity index (χ1v) is 11.5. The molecule has 0 saturated heterocycles. The van der Waals surface area contributed by atoms with Crippen molar-refractivity contribution < 1.29 is 28.2 Å². The van der Waals surface area contributed by atoms with Gasteiger partial charge in [-0.3, -0.25) is 9.59 Å². The van der Waals surface area contributed by atoms with Crippen LogP contribution in [0.5, 0.6) is 17.2 Å². The number of esters is 1. The van der Waals surface area contributed by atoms with Gasteiger partial charge in [-0.05, 0) is 63.6 Å². The van der Waals surface area contributed by atoms with Crippen molar-refractivity contribution in [3.8, 4) is 28.4 Å². The van der Waals surface area contributed by atoms with Gasteiger partial charge in [0.1, 0.15) is 46.4 Å². The first-order chi connectivity index (χ1) is 16.5. The minimum absolute atomic E-state index is 0.192. The van der Waals surface area contributed by atoms with Crippen LogP contribution in [0.25, 0.3) is 28.2 Å². The molecule has 7 heteroatoms. The van der Waals surface area contributed by atoms with Crippen LogP contribution in [0.15, 0.2) is 45.8 Å². The molecule has 7 nitrogen and oxygen atoms in total. The Morgan fingerprint density at radius 2 is 1.83 bits per heavy atom. The van der Waals surface area contributed by atoms with E-state index in [4.69, 9.17) is 23.4 Å². The summed E-state index contributed by atoms with van der Waals surface area (Å²) in [5.41, 5.74) is 1.63. The van der Waals surface area contributed by atoms with Gasteiger partial charge in [0, 0.05) is 25.0 Å². The normalized spacial score (nSPS) is 19.2. The van der Waals surface area contributed by atoms with E-state index in [9.17, 15) is 9.59 Å². The third kappa shape index (κ3) is 3.95. The average molecular weight is 477 g/mol. The minimum atomic E-state index is -0.715. The Labute approximate surface area is 203 Å². The number of benzene rings is 2. The smallest absolute Gasteiger partial charge is 0.303 e. The molecule has 0 radical (unpaired) electrons.